The Balaban J connectivity index is 1.25. The Hall–Kier alpha value is -2.24. The molecule has 4 rings (SSSR count). The molecule has 134 valence electrons. The molecule has 0 saturated carbocycles. The van der Waals surface area contributed by atoms with E-state index < -0.39 is 0 Å². The Bertz CT molecular complexity index is 836. The maximum atomic E-state index is 12.1. The van der Waals surface area contributed by atoms with Crippen LogP contribution in [0.25, 0.3) is 10.2 Å². The van der Waals surface area contributed by atoms with Gasteiger partial charge < -0.3 is 10.2 Å². The molecular weight excluding hydrogens is 342 g/mol. The van der Waals surface area contributed by atoms with Crippen LogP contribution in [0.3, 0.4) is 0 Å². The number of rotatable bonds is 5. The number of piperidine rings is 1. The summed E-state index contributed by atoms with van der Waals surface area (Å²) in [5.74, 6) is 0.645. The number of anilines is 1. The third kappa shape index (κ3) is 4.11. The zero-order valence-corrected chi connectivity index (χ0v) is 15.5. The van der Waals surface area contributed by atoms with Crippen LogP contribution >= 0.6 is 11.3 Å². The number of benzene rings is 2. The van der Waals surface area contributed by atoms with E-state index in [0.717, 1.165) is 43.7 Å². The first-order chi connectivity index (χ1) is 12.8. The van der Waals surface area contributed by atoms with Crippen molar-refractivity contribution in [3.63, 3.8) is 0 Å². The van der Waals surface area contributed by atoms with Gasteiger partial charge in [-0.3, -0.25) is 4.79 Å². The number of carbonyl (C=O) groups is 1. The molecule has 2 heterocycles. The highest BCUT2D eigenvalue weighted by atomic mass is 32.1. The number of nitrogens with zero attached hydrogens (tertiary/aromatic N) is 2. The van der Waals surface area contributed by atoms with E-state index in [2.05, 4.69) is 34.5 Å². The minimum Gasteiger partial charge on any atom is -0.326 e. The summed E-state index contributed by atoms with van der Waals surface area (Å²) in [6, 6.07) is 18.0. The van der Waals surface area contributed by atoms with Gasteiger partial charge in [-0.05, 0) is 50.2 Å². The van der Waals surface area contributed by atoms with Crippen molar-refractivity contribution < 1.29 is 4.79 Å². The Morgan fingerprint density at radius 1 is 1.08 bits per heavy atom. The fourth-order valence-corrected chi connectivity index (χ4v) is 4.61. The molecule has 0 radical (unpaired) electrons. The van der Waals surface area contributed by atoms with Crippen molar-refractivity contribution in [3.8, 4) is 0 Å². The quantitative estimate of drug-likeness (QED) is 0.724. The predicted octanol–water partition coefficient (Wildman–Crippen LogP) is 4.50. The molecule has 1 aromatic heterocycles. The first-order valence-electron chi connectivity index (χ1n) is 9.21. The highest BCUT2D eigenvalue weighted by molar-refractivity contribution is 7.18. The van der Waals surface area contributed by atoms with Gasteiger partial charge in [0.15, 0.2) is 0 Å². The van der Waals surface area contributed by atoms with Gasteiger partial charge in [-0.1, -0.05) is 30.3 Å². The second kappa shape index (κ2) is 7.98. The van der Waals surface area contributed by atoms with E-state index in [9.17, 15) is 4.79 Å². The van der Waals surface area contributed by atoms with Crippen molar-refractivity contribution in [2.75, 3.05) is 25.0 Å². The zero-order chi connectivity index (χ0) is 17.8. The van der Waals surface area contributed by atoms with Crippen LogP contribution in [0.5, 0.6) is 0 Å². The molecule has 1 fully saturated rings. The first-order valence-corrected chi connectivity index (χ1v) is 10.0. The minimum atomic E-state index is 0.0875. The van der Waals surface area contributed by atoms with Crippen molar-refractivity contribution in [2.45, 2.75) is 25.2 Å². The normalized spacial score (nSPS) is 16.0. The molecule has 0 unspecified atom stereocenters. The summed E-state index contributed by atoms with van der Waals surface area (Å²) < 4.78 is 1.28. The SMILES string of the molecule is O=C(CCN1CCC(c2nc3ccccc3s2)CC1)Nc1ccccc1. The molecule has 1 saturated heterocycles. The van der Waals surface area contributed by atoms with Crippen molar-refractivity contribution in [1.29, 1.82) is 0 Å². The summed E-state index contributed by atoms with van der Waals surface area (Å²) in [6.45, 7) is 2.91. The number of carbonyl (C=O) groups excluding carboxylic acids is 1. The highest BCUT2D eigenvalue weighted by Crippen LogP contribution is 2.33. The number of para-hydroxylation sites is 2. The Labute approximate surface area is 157 Å². The third-order valence-corrected chi connectivity index (χ3v) is 6.16. The molecule has 1 amide bonds. The number of fused-ring (bicyclic) bond motifs is 1. The number of thiazole rings is 1. The van der Waals surface area contributed by atoms with Crippen LogP contribution in [-0.4, -0.2) is 35.4 Å². The number of hydrogen-bond acceptors (Lipinski definition) is 4. The number of aromatic nitrogens is 1. The summed E-state index contributed by atoms with van der Waals surface area (Å²) in [7, 11) is 0. The van der Waals surface area contributed by atoms with Crippen molar-refractivity contribution in [3.05, 3.63) is 59.6 Å². The van der Waals surface area contributed by atoms with E-state index in [4.69, 9.17) is 4.98 Å². The summed E-state index contributed by atoms with van der Waals surface area (Å²) in [5.41, 5.74) is 1.99. The lowest BCUT2D eigenvalue weighted by atomic mass is 9.97. The molecule has 0 aliphatic carbocycles. The van der Waals surface area contributed by atoms with Crippen LogP contribution in [0.1, 0.15) is 30.2 Å². The van der Waals surface area contributed by atoms with Gasteiger partial charge in [0.1, 0.15) is 0 Å². The van der Waals surface area contributed by atoms with Gasteiger partial charge in [-0.2, -0.15) is 0 Å². The topological polar surface area (TPSA) is 45.2 Å². The molecule has 1 aliphatic rings. The van der Waals surface area contributed by atoms with E-state index in [0.29, 0.717) is 12.3 Å². The van der Waals surface area contributed by atoms with Gasteiger partial charge in [0, 0.05) is 24.6 Å². The molecule has 26 heavy (non-hydrogen) atoms. The Morgan fingerprint density at radius 3 is 2.58 bits per heavy atom. The number of amides is 1. The lowest BCUT2D eigenvalue weighted by Crippen LogP contribution is -2.35. The standard InChI is InChI=1S/C21H23N3OS/c25-20(22-17-6-2-1-3-7-17)12-15-24-13-10-16(11-14-24)21-23-18-8-4-5-9-19(18)26-21/h1-9,16H,10-15H2,(H,22,25). The third-order valence-electron chi connectivity index (χ3n) is 4.96. The van der Waals surface area contributed by atoms with Crippen LogP contribution in [0.4, 0.5) is 5.69 Å². The summed E-state index contributed by atoms with van der Waals surface area (Å²) >= 11 is 1.83. The summed E-state index contributed by atoms with van der Waals surface area (Å²) in [5, 5.41) is 4.23. The van der Waals surface area contributed by atoms with E-state index in [-0.39, 0.29) is 5.91 Å². The Morgan fingerprint density at radius 2 is 1.81 bits per heavy atom. The molecule has 0 bridgehead atoms. The van der Waals surface area contributed by atoms with Gasteiger partial charge in [0.05, 0.1) is 15.2 Å². The molecular formula is C21H23N3OS. The van der Waals surface area contributed by atoms with Crippen LogP contribution in [0, 0.1) is 0 Å². The smallest absolute Gasteiger partial charge is 0.225 e. The number of likely N-dealkylation sites (tertiary alicyclic amines) is 1. The molecule has 0 atom stereocenters. The Kier molecular flexibility index (Phi) is 5.27. The van der Waals surface area contributed by atoms with Gasteiger partial charge in [-0.15, -0.1) is 11.3 Å². The molecule has 1 aliphatic heterocycles. The monoisotopic (exact) mass is 365 g/mol. The molecule has 1 N–H and O–H groups in total. The summed E-state index contributed by atoms with van der Waals surface area (Å²) in [4.78, 5) is 19.3. The molecule has 4 nitrogen and oxygen atoms in total. The average Bonchev–Trinajstić information content (AvgIpc) is 3.12. The highest BCUT2D eigenvalue weighted by Gasteiger charge is 2.23. The van der Waals surface area contributed by atoms with Crippen molar-refractivity contribution in [2.24, 2.45) is 0 Å². The van der Waals surface area contributed by atoms with Crippen molar-refractivity contribution in [1.82, 2.24) is 9.88 Å². The minimum absolute atomic E-state index is 0.0875. The summed E-state index contributed by atoms with van der Waals surface area (Å²) in [6.07, 6.45) is 2.79. The fraction of sp³-hybridized carbons (Fsp3) is 0.333. The molecule has 0 spiro atoms. The van der Waals surface area contributed by atoms with Gasteiger partial charge in [0.2, 0.25) is 5.91 Å². The molecule has 3 aromatic rings. The van der Waals surface area contributed by atoms with E-state index in [1.165, 1.54) is 9.71 Å². The first kappa shape index (κ1) is 17.2. The van der Waals surface area contributed by atoms with E-state index in [1.807, 2.05) is 41.7 Å². The van der Waals surface area contributed by atoms with Crippen LogP contribution in [0.2, 0.25) is 0 Å². The number of nitrogens with one attached hydrogen (secondary N) is 1. The fourth-order valence-electron chi connectivity index (χ4n) is 3.47. The maximum absolute atomic E-state index is 12.1. The van der Waals surface area contributed by atoms with Crippen LogP contribution in [0.15, 0.2) is 54.6 Å². The van der Waals surface area contributed by atoms with Gasteiger partial charge in [-0.25, -0.2) is 4.98 Å². The molecule has 2 aromatic carbocycles. The van der Waals surface area contributed by atoms with Gasteiger partial charge >= 0.3 is 0 Å². The van der Waals surface area contributed by atoms with Crippen LogP contribution < -0.4 is 5.32 Å². The zero-order valence-electron chi connectivity index (χ0n) is 14.7. The lowest BCUT2D eigenvalue weighted by molar-refractivity contribution is -0.116. The predicted molar refractivity (Wildman–Crippen MR) is 108 cm³/mol. The number of hydrogen-bond donors (Lipinski definition) is 1. The maximum Gasteiger partial charge on any atom is 0.225 e. The molecule has 5 heteroatoms. The van der Waals surface area contributed by atoms with Crippen LogP contribution in [-0.2, 0) is 4.79 Å². The second-order valence-electron chi connectivity index (χ2n) is 6.80. The second-order valence-corrected chi connectivity index (χ2v) is 7.86. The largest absolute Gasteiger partial charge is 0.326 e. The van der Waals surface area contributed by atoms with Crippen molar-refractivity contribution >= 4 is 33.1 Å². The lowest BCUT2D eigenvalue weighted by Gasteiger charge is -2.30. The van der Waals surface area contributed by atoms with E-state index >= 15 is 0 Å². The van der Waals surface area contributed by atoms with E-state index in [1.54, 1.807) is 0 Å². The van der Waals surface area contributed by atoms with Gasteiger partial charge in [0.25, 0.3) is 0 Å². The average molecular weight is 366 g/mol.